The standard InChI is InChI=1S/C15H20F3N3O/c16-15(17,18)14-2-1-13(11-19-14)20-5-3-12(4-6-20)21-7-9-22-10-8-21/h1-2,11-12H,3-10H2. The molecule has 7 heteroatoms. The highest BCUT2D eigenvalue weighted by atomic mass is 19.4. The Balaban J connectivity index is 1.57. The van der Waals surface area contributed by atoms with Crippen molar-refractivity contribution >= 4 is 5.69 Å². The molecular formula is C15H20F3N3O. The summed E-state index contributed by atoms with van der Waals surface area (Å²) in [5, 5.41) is 0. The van der Waals surface area contributed by atoms with Crippen LogP contribution in [0.3, 0.4) is 0 Å². The Labute approximate surface area is 127 Å². The van der Waals surface area contributed by atoms with E-state index in [1.807, 2.05) is 0 Å². The first-order valence-corrected chi connectivity index (χ1v) is 7.64. The van der Waals surface area contributed by atoms with Crippen LogP contribution in [0, 0.1) is 0 Å². The molecule has 1 aromatic heterocycles. The van der Waals surface area contributed by atoms with Crippen LogP contribution >= 0.6 is 0 Å². The predicted octanol–water partition coefficient (Wildman–Crippen LogP) is 2.40. The van der Waals surface area contributed by atoms with Crippen molar-refractivity contribution in [2.45, 2.75) is 25.1 Å². The summed E-state index contributed by atoms with van der Waals surface area (Å²) in [7, 11) is 0. The fourth-order valence-electron chi connectivity index (χ4n) is 3.17. The van der Waals surface area contributed by atoms with E-state index < -0.39 is 11.9 Å². The van der Waals surface area contributed by atoms with Gasteiger partial charge in [0.05, 0.1) is 25.1 Å². The number of rotatable bonds is 2. The van der Waals surface area contributed by atoms with Crippen LogP contribution in [0.4, 0.5) is 18.9 Å². The van der Waals surface area contributed by atoms with Crippen LogP contribution in [0.1, 0.15) is 18.5 Å². The van der Waals surface area contributed by atoms with E-state index in [4.69, 9.17) is 4.74 Å². The van der Waals surface area contributed by atoms with Crippen molar-refractivity contribution in [1.82, 2.24) is 9.88 Å². The quantitative estimate of drug-likeness (QED) is 0.838. The van der Waals surface area contributed by atoms with Gasteiger partial charge in [-0.2, -0.15) is 13.2 Å². The Morgan fingerprint density at radius 1 is 1.05 bits per heavy atom. The highest BCUT2D eigenvalue weighted by Gasteiger charge is 2.32. The number of halogens is 3. The second-order valence-electron chi connectivity index (χ2n) is 5.77. The normalized spacial score (nSPS) is 22.0. The topological polar surface area (TPSA) is 28.6 Å². The Bertz CT molecular complexity index is 478. The van der Waals surface area contributed by atoms with E-state index in [-0.39, 0.29) is 0 Å². The van der Waals surface area contributed by atoms with Crippen LogP contribution in [-0.4, -0.2) is 55.3 Å². The number of morpholine rings is 1. The highest BCUT2D eigenvalue weighted by Crippen LogP contribution is 2.29. The summed E-state index contributed by atoms with van der Waals surface area (Å²) in [6, 6.07) is 3.14. The Kier molecular flexibility index (Phi) is 4.54. The van der Waals surface area contributed by atoms with Crippen molar-refractivity contribution < 1.29 is 17.9 Å². The molecule has 0 aliphatic carbocycles. The Hall–Kier alpha value is -1.34. The number of ether oxygens (including phenoxy) is 1. The van der Waals surface area contributed by atoms with Crippen molar-refractivity contribution in [3.05, 3.63) is 24.0 Å². The van der Waals surface area contributed by atoms with E-state index in [9.17, 15) is 13.2 Å². The van der Waals surface area contributed by atoms with E-state index in [1.165, 1.54) is 12.3 Å². The molecule has 2 saturated heterocycles. The molecular weight excluding hydrogens is 295 g/mol. The van der Waals surface area contributed by atoms with Crippen LogP contribution in [0.5, 0.6) is 0 Å². The second kappa shape index (κ2) is 6.42. The molecule has 0 bridgehead atoms. The van der Waals surface area contributed by atoms with Gasteiger partial charge in [-0.1, -0.05) is 0 Å². The van der Waals surface area contributed by atoms with Crippen molar-refractivity contribution in [3.63, 3.8) is 0 Å². The Morgan fingerprint density at radius 3 is 2.27 bits per heavy atom. The fourth-order valence-corrected chi connectivity index (χ4v) is 3.17. The fraction of sp³-hybridized carbons (Fsp3) is 0.667. The average Bonchev–Trinajstić information content (AvgIpc) is 2.55. The minimum absolute atomic E-state index is 0.558. The van der Waals surface area contributed by atoms with Crippen LogP contribution in [0.2, 0.25) is 0 Å². The lowest BCUT2D eigenvalue weighted by Gasteiger charge is -2.40. The van der Waals surface area contributed by atoms with Gasteiger partial charge in [0.2, 0.25) is 0 Å². The molecule has 0 unspecified atom stereocenters. The molecule has 0 atom stereocenters. The molecule has 1 aromatic rings. The first-order valence-electron chi connectivity index (χ1n) is 7.64. The van der Waals surface area contributed by atoms with Crippen LogP contribution in [-0.2, 0) is 10.9 Å². The first kappa shape index (κ1) is 15.6. The monoisotopic (exact) mass is 315 g/mol. The number of hydrogen-bond acceptors (Lipinski definition) is 4. The average molecular weight is 315 g/mol. The second-order valence-corrected chi connectivity index (χ2v) is 5.77. The van der Waals surface area contributed by atoms with Crippen molar-refractivity contribution in [3.8, 4) is 0 Å². The summed E-state index contributed by atoms with van der Waals surface area (Å²) in [6.45, 7) is 5.26. The van der Waals surface area contributed by atoms with E-state index in [2.05, 4.69) is 14.8 Å². The Morgan fingerprint density at radius 2 is 1.73 bits per heavy atom. The van der Waals surface area contributed by atoms with Gasteiger partial charge in [0.25, 0.3) is 0 Å². The molecule has 0 aromatic carbocycles. The van der Waals surface area contributed by atoms with Crippen molar-refractivity contribution in [2.75, 3.05) is 44.3 Å². The number of hydrogen-bond donors (Lipinski definition) is 0. The largest absolute Gasteiger partial charge is 0.433 e. The molecule has 4 nitrogen and oxygen atoms in total. The molecule has 3 rings (SSSR count). The van der Waals surface area contributed by atoms with Crippen LogP contribution in [0.25, 0.3) is 0 Å². The predicted molar refractivity (Wildman–Crippen MR) is 76.9 cm³/mol. The molecule has 3 heterocycles. The molecule has 0 saturated carbocycles. The SMILES string of the molecule is FC(F)(F)c1ccc(N2CCC(N3CCOCC3)CC2)cn1. The lowest BCUT2D eigenvalue weighted by Crippen LogP contribution is -2.49. The van der Waals surface area contributed by atoms with Crippen molar-refractivity contribution in [2.24, 2.45) is 0 Å². The third-order valence-electron chi connectivity index (χ3n) is 4.43. The summed E-state index contributed by atoms with van der Waals surface area (Å²) < 4.78 is 42.9. The van der Waals surface area contributed by atoms with E-state index in [1.54, 1.807) is 0 Å². The molecule has 2 fully saturated rings. The van der Waals surface area contributed by atoms with Gasteiger partial charge < -0.3 is 9.64 Å². The van der Waals surface area contributed by atoms with Gasteiger partial charge in [-0.05, 0) is 25.0 Å². The van der Waals surface area contributed by atoms with Gasteiger partial charge in [0.1, 0.15) is 5.69 Å². The molecule has 0 spiro atoms. The molecule has 2 aliphatic rings. The van der Waals surface area contributed by atoms with E-state index in [0.717, 1.165) is 64.0 Å². The lowest BCUT2D eigenvalue weighted by molar-refractivity contribution is -0.141. The van der Waals surface area contributed by atoms with Crippen LogP contribution < -0.4 is 4.90 Å². The van der Waals surface area contributed by atoms with E-state index in [0.29, 0.717) is 6.04 Å². The minimum atomic E-state index is -4.37. The van der Waals surface area contributed by atoms with E-state index >= 15 is 0 Å². The summed E-state index contributed by atoms with van der Waals surface area (Å²) in [5.74, 6) is 0. The highest BCUT2D eigenvalue weighted by molar-refractivity contribution is 5.45. The summed E-state index contributed by atoms with van der Waals surface area (Å²) >= 11 is 0. The molecule has 122 valence electrons. The minimum Gasteiger partial charge on any atom is -0.379 e. The lowest BCUT2D eigenvalue weighted by atomic mass is 10.0. The number of anilines is 1. The maximum atomic E-state index is 12.5. The van der Waals surface area contributed by atoms with Gasteiger partial charge in [-0.15, -0.1) is 0 Å². The molecule has 2 aliphatic heterocycles. The first-order chi connectivity index (χ1) is 10.5. The summed E-state index contributed by atoms with van der Waals surface area (Å²) in [5.41, 5.74) is -0.0621. The zero-order valence-electron chi connectivity index (χ0n) is 12.4. The maximum absolute atomic E-state index is 12.5. The maximum Gasteiger partial charge on any atom is 0.433 e. The smallest absolute Gasteiger partial charge is 0.379 e. The van der Waals surface area contributed by atoms with Crippen LogP contribution in [0.15, 0.2) is 18.3 Å². The molecule has 0 N–H and O–H groups in total. The summed E-state index contributed by atoms with van der Waals surface area (Å²) in [4.78, 5) is 8.12. The molecule has 22 heavy (non-hydrogen) atoms. The third-order valence-corrected chi connectivity index (χ3v) is 4.43. The van der Waals surface area contributed by atoms with Gasteiger partial charge in [-0.25, -0.2) is 4.98 Å². The molecule has 0 amide bonds. The van der Waals surface area contributed by atoms with Gasteiger partial charge in [0.15, 0.2) is 0 Å². The zero-order valence-corrected chi connectivity index (χ0v) is 12.4. The number of piperidine rings is 1. The van der Waals surface area contributed by atoms with Crippen molar-refractivity contribution in [1.29, 1.82) is 0 Å². The number of nitrogens with zero attached hydrogens (tertiary/aromatic N) is 3. The number of aromatic nitrogens is 1. The van der Waals surface area contributed by atoms with Gasteiger partial charge in [0, 0.05) is 32.2 Å². The van der Waals surface area contributed by atoms with Gasteiger partial charge in [-0.3, -0.25) is 4.90 Å². The zero-order chi connectivity index (χ0) is 15.6. The number of alkyl halides is 3. The third kappa shape index (κ3) is 3.52. The summed E-state index contributed by atoms with van der Waals surface area (Å²) in [6.07, 6.45) is -0.984. The van der Waals surface area contributed by atoms with Gasteiger partial charge >= 0.3 is 6.18 Å². The number of pyridine rings is 1. The molecule has 0 radical (unpaired) electrons.